The molecule has 0 radical (unpaired) electrons. The van der Waals surface area contributed by atoms with Crippen LogP contribution >= 0.6 is 12.2 Å². The van der Waals surface area contributed by atoms with Crippen molar-refractivity contribution < 1.29 is 18.7 Å². The van der Waals surface area contributed by atoms with Gasteiger partial charge < -0.3 is 19.2 Å². The summed E-state index contributed by atoms with van der Waals surface area (Å²) in [6.45, 7) is 4.38. The van der Waals surface area contributed by atoms with E-state index in [-0.39, 0.29) is 11.0 Å². The van der Waals surface area contributed by atoms with Gasteiger partial charge in [-0.2, -0.15) is 0 Å². The van der Waals surface area contributed by atoms with Crippen LogP contribution in [0.1, 0.15) is 42.1 Å². The Morgan fingerprint density at radius 2 is 1.77 bits per heavy atom. The van der Waals surface area contributed by atoms with Crippen LogP contribution in [0.5, 0.6) is 11.5 Å². The number of anilines is 1. The van der Waals surface area contributed by atoms with E-state index in [1.54, 1.807) is 18.2 Å². The van der Waals surface area contributed by atoms with Crippen LogP contribution in [0.2, 0.25) is 0 Å². The molecule has 8 heteroatoms. The van der Waals surface area contributed by atoms with Crippen LogP contribution in [0.25, 0.3) is 22.6 Å². The zero-order valence-electron chi connectivity index (χ0n) is 20.0. The second-order valence-electron chi connectivity index (χ2n) is 8.11. The van der Waals surface area contributed by atoms with E-state index in [0.29, 0.717) is 28.9 Å². The number of nitrogens with zero attached hydrogens (tertiary/aromatic N) is 1. The van der Waals surface area contributed by atoms with Gasteiger partial charge in [0.05, 0.1) is 14.2 Å². The van der Waals surface area contributed by atoms with Crippen molar-refractivity contribution in [2.24, 2.45) is 0 Å². The summed E-state index contributed by atoms with van der Waals surface area (Å²) in [6.07, 6.45) is 1.07. The molecule has 0 saturated heterocycles. The van der Waals surface area contributed by atoms with Gasteiger partial charge in [0.25, 0.3) is 5.91 Å². The molecule has 7 nitrogen and oxygen atoms in total. The van der Waals surface area contributed by atoms with Crippen molar-refractivity contribution in [1.82, 2.24) is 10.3 Å². The number of benzene rings is 3. The maximum absolute atomic E-state index is 12.6. The first kappa shape index (κ1) is 24.2. The highest BCUT2D eigenvalue weighted by Gasteiger charge is 2.13. The Hall–Kier alpha value is -3.91. The van der Waals surface area contributed by atoms with E-state index in [1.165, 1.54) is 19.8 Å². The minimum atomic E-state index is -0.358. The van der Waals surface area contributed by atoms with Crippen LogP contribution in [0.3, 0.4) is 0 Å². The number of carbonyl (C=O) groups excluding carboxylic acids is 1. The van der Waals surface area contributed by atoms with Crippen LogP contribution in [-0.4, -0.2) is 30.2 Å². The second-order valence-corrected chi connectivity index (χ2v) is 8.52. The molecule has 0 aliphatic rings. The van der Waals surface area contributed by atoms with Crippen LogP contribution < -0.4 is 20.1 Å². The fourth-order valence-electron chi connectivity index (χ4n) is 3.62. The third-order valence-electron chi connectivity index (χ3n) is 5.86. The summed E-state index contributed by atoms with van der Waals surface area (Å²) in [7, 11) is 3.05. The van der Waals surface area contributed by atoms with E-state index in [9.17, 15) is 4.79 Å². The predicted molar refractivity (Wildman–Crippen MR) is 141 cm³/mol. The number of thiocarbonyl (C=S) groups is 1. The molecular formula is C27H27N3O4S. The molecule has 180 valence electrons. The molecule has 2 N–H and O–H groups in total. The number of ether oxygens (including phenoxy) is 2. The second kappa shape index (κ2) is 10.6. The molecule has 0 aliphatic heterocycles. The van der Waals surface area contributed by atoms with E-state index in [0.717, 1.165) is 28.8 Å². The van der Waals surface area contributed by atoms with Gasteiger partial charge in [-0.25, -0.2) is 4.98 Å². The molecule has 1 atom stereocenters. The number of methoxy groups -OCH3 is 2. The molecule has 3 aromatic carbocycles. The Labute approximate surface area is 209 Å². The van der Waals surface area contributed by atoms with Crippen LogP contribution in [0.15, 0.2) is 65.1 Å². The molecule has 0 unspecified atom stereocenters. The topological polar surface area (TPSA) is 85.6 Å². The molecule has 4 aromatic rings. The van der Waals surface area contributed by atoms with E-state index >= 15 is 0 Å². The number of oxazole rings is 1. The lowest BCUT2D eigenvalue weighted by atomic mass is 9.98. The first-order chi connectivity index (χ1) is 16.9. The van der Waals surface area contributed by atoms with Gasteiger partial charge in [0.15, 0.2) is 22.2 Å². The molecule has 0 bridgehead atoms. The van der Waals surface area contributed by atoms with Crippen molar-refractivity contribution in [3.8, 4) is 23.0 Å². The molecule has 1 amide bonds. The first-order valence-corrected chi connectivity index (χ1v) is 11.7. The first-order valence-electron chi connectivity index (χ1n) is 11.3. The number of rotatable bonds is 7. The zero-order valence-corrected chi connectivity index (χ0v) is 20.9. The van der Waals surface area contributed by atoms with Gasteiger partial charge >= 0.3 is 0 Å². The average Bonchev–Trinajstić information content (AvgIpc) is 3.31. The van der Waals surface area contributed by atoms with Crippen LogP contribution in [-0.2, 0) is 0 Å². The van der Waals surface area contributed by atoms with Crippen molar-refractivity contribution in [2.45, 2.75) is 26.2 Å². The number of fused-ring (bicyclic) bond motifs is 1. The highest BCUT2D eigenvalue weighted by atomic mass is 32.1. The average molecular weight is 490 g/mol. The highest BCUT2D eigenvalue weighted by Crippen LogP contribution is 2.29. The van der Waals surface area contributed by atoms with Gasteiger partial charge in [0.2, 0.25) is 5.89 Å². The van der Waals surface area contributed by atoms with Crippen molar-refractivity contribution in [1.29, 1.82) is 0 Å². The van der Waals surface area contributed by atoms with Gasteiger partial charge in [0.1, 0.15) is 5.52 Å². The minimum absolute atomic E-state index is 0.178. The third-order valence-corrected chi connectivity index (χ3v) is 6.06. The van der Waals surface area contributed by atoms with Gasteiger partial charge in [-0.3, -0.25) is 10.1 Å². The lowest BCUT2D eigenvalue weighted by Crippen LogP contribution is -2.34. The van der Waals surface area contributed by atoms with Crippen molar-refractivity contribution in [3.05, 3.63) is 71.8 Å². The highest BCUT2D eigenvalue weighted by molar-refractivity contribution is 7.80. The fourth-order valence-corrected chi connectivity index (χ4v) is 3.83. The molecule has 0 aliphatic carbocycles. The number of carbonyl (C=O) groups is 1. The number of hydrogen-bond acceptors (Lipinski definition) is 6. The Bertz CT molecular complexity index is 1360. The molecule has 1 aromatic heterocycles. The fraction of sp³-hybridized carbons (Fsp3) is 0.222. The summed E-state index contributed by atoms with van der Waals surface area (Å²) in [6, 6.07) is 18.5. The summed E-state index contributed by atoms with van der Waals surface area (Å²) >= 11 is 5.31. The number of nitrogens with one attached hydrogen (secondary N) is 2. The van der Waals surface area contributed by atoms with Crippen molar-refractivity contribution in [3.63, 3.8) is 0 Å². The summed E-state index contributed by atoms with van der Waals surface area (Å²) in [5.74, 6) is 1.67. The van der Waals surface area contributed by atoms with E-state index in [1.807, 2.05) is 30.3 Å². The molecule has 1 heterocycles. The third kappa shape index (κ3) is 5.44. The molecule has 0 spiro atoms. The summed E-state index contributed by atoms with van der Waals surface area (Å²) in [5, 5.41) is 5.87. The number of hydrogen-bond donors (Lipinski definition) is 2. The minimum Gasteiger partial charge on any atom is -0.493 e. The lowest BCUT2D eigenvalue weighted by Gasteiger charge is -2.12. The molecular weight excluding hydrogens is 462 g/mol. The maximum atomic E-state index is 12.6. The number of amides is 1. The largest absolute Gasteiger partial charge is 0.493 e. The lowest BCUT2D eigenvalue weighted by molar-refractivity contribution is 0.0977. The quantitative estimate of drug-likeness (QED) is 0.301. The Balaban J connectivity index is 1.42. The SMILES string of the molecule is CC[C@H](C)c1ccc2oc(-c3ccc(NC(=S)NC(=O)c4ccc(OC)c(OC)c4)cc3)nc2c1. The van der Waals surface area contributed by atoms with Gasteiger partial charge in [-0.15, -0.1) is 0 Å². The summed E-state index contributed by atoms with van der Waals surface area (Å²) < 4.78 is 16.4. The van der Waals surface area contributed by atoms with E-state index in [2.05, 4.69) is 41.6 Å². The Morgan fingerprint density at radius 3 is 2.46 bits per heavy atom. The van der Waals surface area contributed by atoms with Crippen LogP contribution in [0, 0.1) is 0 Å². The Morgan fingerprint density at radius 1 is 1.03 bits per heavy atom. The van der Waals surface area contributed by atoms with Crippen molar-refractivity contribution in [2.75, 3.05) is 19.5 Å². The predicted octanol–water partition coefficient (Wildman–Crippen LogP) is 6.15. The monoisotopic (exact) mass is 489 g/mol. The van der Waals surface area contributed by atoms with Crippen molar-refractivity contribution >= 4 is 40.0 Å². The Kier molecular flexibility index (Phi) is 7.31. The van der Waals surface area contributed by atoms with Crippen LogP contribution in [0.4, 0.5) is 5.69 Å². The zero-order chi connectivity index (χ0) is 24.9. The van der Waals surface area contributed by atoms with Gasteiger partial charge in [-0.1, -0.05) is 19.9 Å². The molecule has 4 rings (SSSR count). The van der Waals surface area contributed by atoms with Gasteiger partial charge in [0, 0.05) is 16.8 Å². The molecule has 35 heavy (non-hydrogen) atoms. The summed E-state index contributed by atoms with van der Waals surface area (Å²) in [4.78, 5) is 17.2. The smallest absolute Gasteiger partial charge is 0.257 e. The maximum Gasteiger partial charge on any atom is 0.257 e. The summed E-state index contributed by atoms with van der Waals surface area (Å²) in [5.41, 5.74) is 4.82. The molecule has 0 saturated carbocycles. The van der Waals surface area contributed by atoms with Gasteiger partial charge in [-0.05, 0) is 84.7 Å². The van der Waals surface area contributed by atoms with E-state index in [4.69, 9.17) is 26.1 Å². The van der Waals surface area contributed by atoms with E-state index < -0.39 is 0 Å². The normalized spacial score (nSPS) is 11.7. The standard InChI is InChI=1S/C27H27N3O4S/c1-5-16(2)18-8-12-22-21(14-18)29-26(34-22)17-6-10-20(11-7-17)28-27(35)30-25(31)19-9-13-23(32-3)24(15-19)33-4/h6-16H,5H2,1-4H3,(H2,28,30,31,35)/t16-/m0/s1. The molecule has 0 fully saturated rings. The number of aromatic nitrogens is 1.